The minimum absolute atomic E-state index is 0.471. The van der Waals surface area contributed by atoms with Gasteiger partial charge in [-0.3, -0.25) is 0 Å². The predicted molar refractivity (Wildman–Crippen MR) is 36.8 cm³/mol. The molecule has 0 amide bonds. The summed E-state index contributed by atoms with van der Waals surface area (Å²) in [5.41, 5.74) is -0.471. The van der Waals surface area contributed by atoms with E-state index in [1.54, 1.807) is 14.2 Å². The second kappa shape index (κ2) is 3.45. The van der Waals surface area contributed by atoms with Crippen LogP contribution in [-0.2, 0) is 9.47 Å². The Kier molecular flexibility index (Phi) is 3.64. The van der Waals surface area contributed by atoms with E-state index in [-0.39, 0.29) is 0 Å². The topological polar surface area (TPSA) is 18.5 Å². The van der Waals surface area contributed by atoms with Crippen LogP contribution < -0.4 is 0 Å². The zero-order valence-electron chi connectivity index (χ0n) is 5.40. The molecule has 0 aliphatic rings. The summed E-state index contributed by atoms with van der Waals surface area (Å²) in [5.74, 6) is 0. The van der Waals surface area contributed by atoms with E-state index in [1.807, 2.05) is 6.92 Å². The minimum Gasteiger partial charge on any atom is -0.356 e. The quantitative estimate of drug-likeness (QED) is 0.330. The first kappa shape index (κ1) is 8.43. The van der Waals surface area contributed by atoms with Crippen LogP contribution in [0.1, 0.15) is 6.92 Å². The van der Waals surface area contributed by atoms with E-state index in [0.29, 0.717) is 0 Å². The van der Waals surface area contributed by atoms with Crippen LogP contribution in [0.15, 0.2) is 0 Å². The highest BCUT2D eigenvalue weighted by atomic mass is 35.6. The number of hydrogen-bond acceptors (Lipinski definition) is 2. The predicted octanol–water partition coefficient (Wildman–Crippen LogP) is 0.275. The molecule has 0 aliphatic carbocycles. The SMILES string of the molecule is COC(C)(OC)[SiH2]Cl. The molecule has 0 heterocycles. The lowest BCUT2D eigenvalue weighted by Gasteiger charge is -2.22. The molecule has 0 aromatic carbocycles. The van der Waals surface area contributed by atoms with Crippen LogP contribution >= 0.6 is 11.1 Å². The standard InChI is InChI=1S/C4H11ClO2Si/c1-4(6-2,7-3)8-5/h8H2,1-3H3. The highest BCUT2D eigenvalue weighted by Crippen LogP contribution is 2.07. The smallest absolute Gasteiger partial charge is 0.193 e. The first-order chi connectivity index (χ1) is 3.68. The van der Waals surface area contributed by atoms with E-state index >= 15 is 0 Å². The van der Waals surface area contributed by atoms with Gasteiger partial charge in [0.25, 0.3) is 0 Å². The van der Waals surface area contributed by atoms with Crippen molar-refractivity contribution in [2.75, 3.05) is 14.2 Å². The molecule has 0 radical (unpaired) electrons. The van der Waals surface area contributed by atoms with Gasteiger partial charge in [-0.05, 0) is 6.92 Å². The van der Waals surface area contributed by atoms with Crippen molar-refractivity contribution in [3.8, 4) is 0 Å². The van der Waals surface area contributed by atoms with Crippen molar-refractivity contribution in [2.24, 2.45) is 0 Å². The molecule has 0 saturated carbocycles. The summed E-state index contributed by atoms with van der Waals surface area (Å²) in [6.45, 7) is 1.84. The van der Waals surface area contributed by atoms with Gasteiger partial charge in [-0.2, -0.15) is 11.1 Å². The van der Waals surface area contributed by atoms with E-state index in [9.17, 15) is 0 Å². The van der Waals surface area contributed by atoms with E-state index in [4.69, 9.17) is 20.6 Å². The summed E-state index contributed by atoms with van der Waals surface area (Å²) in [6.07, 6.45) is 0. The van der Waals surface area contributed by atoms with Crippen LogP contribution in [0.3, 0.4) is 0 Å². The van der Waals surface area contributed by atoms with Gasteiger partial charge < -0.3 is 9.47 Å². The van der Waals surface area contributed by atoms with Gasteiger partial charge in [-0.25, -0.2) is 0 Å². The third-order valence-electron chi connectivity index (χ3n) is 1.11. The van der Waals surface area contributed by atoms with Crippen molar-refractivity contribution in [1.29, 1.82) is 0 Å². The van der Waals surface area contributed by atoms with Gasteiger partial charge in [0.2, 0.25) is 0 Å². The molecule has 0 rings (SSSR count). The largest absolute Gasteiger partial charge is 0.356 e. The Morgan fingerprint density at radius 3 is 1.75 bits per heavy atom. The molecule has 0 saturated heterocycles. The van der Waals surface area contributed by atoms with Crippen molar-refractivity contribution in [3.63, 3.8) is 0 Å². The Hall–Kier alpha value is 0.427. The summed E-state index contributed by atoms with van der Waals surface area (Å²) in [6, 6.07) is 0. The average molecular weight is 155 g/mol. The van der Waals surface area contributed by atoms with Crippen LogP contribution in [0.2, 0.25) is 0 Å². The van der Waals surface area contributed by atoms with Crippen LogP contribution in [0.4, 0.5) is 0 Å². The highest BCUT2D eigenvalue weighted by Gasteiger charge is 2.20. The molecule has 4 heteroatoms. The third kappa shape index (κ3) is 2.13. The molecule has 0 aliphatic heterocycles. The molecule has 0 aromatic rings. The summed E-state index contributed by atoms with van der Waals surface area (Å²) in [4.78, 5) is 0. The Bertz CT molecular complexity index is 56.8. The van der Waals surface area contributed by atoms with Crippen LogP contribution in [0.25, 0.3) is 0 Å². The molecule has 0 fully saturated rings. The number of hydrogen-bond donors (Lipinski definition) is 0. The first-order valence-corrected chi connectivity index (χ1v) is 5.19. The molecule has 2 nitrogen and oxygen atoms in total. The monoisotopic (exact) mass is 154 g/mol. The lowest BCUT2D eigenvalue weighted by Crippen LogP contribution is -2.33. The van der Waals surface area contributed by atoms with Gasteiger partial charge in [0.15, 0.2) is 14.2 Å². The second-order valence-electron chi connectivity index (χ2n) is 1.68. The van der Waals surface area contributed by atoms with Gasteiger partial charge >= 0.3 is 0 Å². The molecule has 0 N–H and O–H groups in total. The van der Waals surface area contributed by atoms with Crippen LogP contribution in [0.5, 0.6) is 0 Å². The normalized spacial score (nSPS) is 13.5. The Labute approximate surface area is 56.6 Å². The van der Waals surface area contributed by atoms with Gasteiger partial charge in [-0.15, -0.1) is 0 Å². The lowest BCUT2D eigenvalue weighted by molar-refractivity contribution is -0.128. The first-order valence-electron chi connectivity index (χ1n) is 2.35. The lowest BCUT2D eigenvalue weighted by atomic mass is 10.7. The number of halogens is 1. The van der Waals surface area contributed by atoms with Crippen molar-refractivity contribution < 1.29 is 9.47 Å². The van der Waals surface area contributed by atoms with E-state index in [1.165, 1.54) is 0 Å². The zero-order valence-corrected chi connectivity index (χ0v) is 7.57. The average Bonchev–Trinajstić information content (AvgIpc) is 1.87. The van der Waals surface area contributed by atoms with E-state index in [0.717, 1.165) is 0 Å². The molecular weight excluding hydrogens is 144 g/mol. The van der Waals surface area contributed by atoms with Crippen LogP contribution in [-0.4, -0.2) is 28.5 Å². The van der Waals surface area contributed by atoms with Gasteiger partial charge in [-0.1, -0.05) is 0 Å². The van der Waals surface area contributed by atoms with Crippen LogP contribution in [0, 0.1) is 0 Å². The Balaban J connectivity index is 3.58. The maximum absolute atomic E-state index is 5.60. The van der Waals surface area contributed by atoms with Gasteiger partial charge in [0.05, 0.1) is 0 Å². The van der Waals surface area contributed by atoms with Crippen molar-refractivity contribution in [3.05, 3.63) is 0 Å². The number of rotatable bonds is 3. The molecule has 8 heavy (non-hydrogen) atoms. The van der Waals surface area contributed by atoms with E-state index < -0.39 is 14.2 Å². The molecule has 50 valence electrons. The fraction of sp³-hybridized carbons (Fsp3) is 1.00. The maximum Gasteiger partial charge on any atom is 0.193 e. The Morgan fingerprint density at radius 1 is 1.38 bits per heavy atom. The zero-order chi connectivity index (χ0) is 6.62. The van der Waals surface area contributed by atoms with Crippen molar-refractivity contribution in [1.82, 2.24) is 0 Å². The Morgan fingerprint density at radius 2 is 1.75 bits per heavy atom. The summed E-state index contributed by atoms with van der Waals surface area (Å²) in [7, 11) is 2.45. The summed E-state index contributed by atoms with van der Waals surface area (Å²) >= 11 is 5.60. The summed E-state index contributed by atoms with van der Waals surface area (Å²) < 4.78 is 9.89. The molecule has 0 unspecified atom stereocenters. The molecule has 0 aromatic heterocycles. The third-order valence-corrected chi connectivity index (χ3v) is 3.63. The molecule has 0 spiro atoms. The van der Waals surface area contributed by atoms with Gasteiger partial charge in [0, 0.05) is 14.2 Å². The minimum atomic E-state index is -0.741. The van der Waals surface area contributed by atoms with E-state index in [2.05, 4.69) is 0 Å². The number of ether oxygens (including phenoxy) is 2. The molecule has 0 bridgehead atoms. The molecule has 0 atom stereocenters. The number of methoxy groups -OCH3 is 2. The maximum atomic E-state index is 5.60. The van der Waals surface area contributed by atoms with Crippen molar-refractivity contribution >= 4 is 19.9 Å². The fourth-order valence-corrected chi connectivity index (χ4v) is 1.07. The fourth-order valence-electron chi connectivity index (χ4n) is 0.192. The van der Waals surface area contributed by atoms with Crippen molar-refractivity contribution in [2.45, 2.75) is 12.3 Å². The molecular formula is C4H11ClO2Si. The highest BCUT2D eigenvalue weighted by molar-refractivity contribution is 6.95. The summed E-state index contributed by atoms with van der Waals surface area (Å²) in [5, 5.41) is 0. The van der Waals surface area contributed by atoms with Gasteiger partial charge in [0.1, 0.15) is 0 Å². The second-order valence-corrected chi connectivity index (χ2v) is 4.03.